The fraction of sp³-hybridized carbons (Fsp3) is 0.167. The molecule has 3 N–H and O–H groups in total. The highest BCUT2D eigenvalue weighted by Crippen LogP contribution is 2.20. The maximum absolute atomic E-state index is 12.9. The third-order valence-corrected chi connectivity index (χ3v) is 3.69. The molecule has 0 saturated carbocycles. The number of benzene rings is 2. The van der Waals surface area contributed by atoms with E-state index in [9.17, 15) is 9.50 Å². The van der Waals surface area contributed by atoms with Crippen molar-refractivity contribution in [2.24, 2.45) is 0 Å². The summed E-state index contributed by atoms with van der Waals surface area (Å²) in [5.74, 6) is -0.306. The standard InChI is InChI=1S/C18H18FN3O/c19-16-8-6-13(7-9-16)17(23)12-20-10-15-11-21-22-18(15)14-4-2-1-3-5-14/h1-9,11,17,20,23H,10,12H2,(H,21,22). The van der Waals surface area contributed by atoms with Crippen LogP contribution in [-0.2, 0) is 6.54 Å². The van der Waals surface area contributed by atoms with Gasteiger partial charge in [0.25, 0.3) is 0 Å². The largest absolute Gasteiger partial charge is 0.387 e. The Morgan fingerprint density at radius 2 is 1.83 bits per heavy atom. The van der Waals surface area contributed by atoms with Gasteiger partial charge in [-0.25, -0.2) is 4.39 Å². The monoisotopic (exact) mass is 311 g/mol. The summed E-state index contributed by atoms with van der Waals surface area (Å²) in [6, 6.07) is 15.8. The molecule has 3 rings (SSSR count). The summed E-state index contributed by atoms with van der Waals surface area (Å²) in [6.45, 7) is 0.962. The molecule has 118 valence electrons. The Kier molecular flexibility index (Phi) is 4.80. The summed E-state index contributed by atoms with van der Waals surface area (Å²) in [6.07, 6.45) is 1.10. The van der Waals surface area contributed by atoms with Gasteiger partial charge in [0.2, 0.25) is 0 Å². The highest BCUT2D eigenvalue weighted by atomic mass is 19.1. The fourth-order valence-electron chi connectivity index (χ4n) is 2.45. The van der Waals surface area contributed by atoms with Gasteiger partial charge in [-0.05, 0) is 23.3 Å². The normalized spacial score (nSPS) is 12.3. The quantitative estimate of drug-likeness (QED) is 0.656. The van der Waals surface area contributed by atoms with Crippen molar-refractivity contribution in [1.29, 1.82) is 0 Å². The number of aromatic amines is 1. The molecule has 0 aliphatic carbocycles. The van der Waals surface area contributed by atoms with Crippen LogP contribution in [0.4, 0.5) is 4.39 Å². The van der Waals surface area contributed by atoms with Crippen LogP contribution in [0.2, 0.25) is 0 Å². The number of H-pyrrole nitrogens is 1. The van der Waals surface area contributed by atoms with E-state index in [0.717, 1.165) is 16.8 Å². The summed E-state index contributed by atoms with van der Waals surface area (Å²) in [4.78, 5) is 0. The molecule has 1 atom stereocenters. The summed E-state index contributed by atoms with van der Waals surface area (Å²) in [5, 5.41) is 20.4. The highest BCUT2D eigenvalue weighted by molar-refractivity contribution is 5.62. The zero-order chi connectivity index (χ0) is 16.1. The first-order valence-electron chi connectivity index (χ1n) is 7.46. The molecule has 4 nitrogen and oxygen atoms in total. The van der Waals surface area contributed by atoms with Crippen molar-refractivity contribution in [2.75, 3.05) is 6.54 Å². The molecule has 23 heavy (non-hydrogen) atoms. The van der Waals surface area contributed by atoms with Crippen molar-refractivity contribution in [3.05, 3.63) is 77.7 Å². The van der Waals surface area contributed by atoms with Gasteiger partial charge >= 0.3 is 0 Å². The van der Waals surface area contributed by atoms with Crippen molar-refractivity contribution in [1.82, 2.24) is 15.5 Å². The Morgan fingerprint density at radius 3 is 2.57 bits per heavy atom. The number of nitrogens with zero attached hydrogens (tertiary/aromatic N) is 1. The number of hydrogen-bond donors (Lipinski definition) is 3. The van der Waals surface area contributed by atoms with E-state index in [4.69, 9.17) is 0 Å². The second kappa shape index (κ2) is 7.17. The molecule has 2 aromatic carbocycles. The summed E-state index contributed by atoms with van der Waals surface area (Å²) >= 11 is 0. The summed E-state index contributed by atoms with van der Waals surface area (Å²) in [7, 11) is 0. The van der Waals surface area contributed by atoms with Crippen LogP contribution in [0.3, 0.4) is 0 Å². The summed E-state index contributed by atoms with van der Waals surface area (Å²) < 4.78 is 12.9. The average molecular weight is 311 g/mol. The topological polar surface area (TPSA) is 60.9 Å². The average Bonchev–Trinajstić information content (AvgIpc) is 3.05. The van der Waals surface area contributed by atoms with Crippen LogP contribution in [0.1, 0.15) is 17.2 Å². The van der Waals surface area contributed by atoms with Crippen LogP contribution in [0.15, 0.2) is 60.8 Å². The number of halogens is 1. The molecular weight excluding hydrogens is 293 g/mol. The van der Waals surface area contributed by atoms with Gasteiger partial charge in [0, 0.05) is 18.7 Å². The lowest BCUT2D eigenvalue weighted by molar-refractivity contribution is 0.174. The second-order valence-electron chi connectivity index (χ2n) is 5.33. The molecule has 0 spiro atoms. The first-order chi connectivity index (χ1) is 11.2. The van der Waals surface area contributed by atoms with Gasteiger partial charge in [-0.3, -0.25) is 5.10 Å². The van der Waals surface area contributed by atoms with Gasteiger partial charge in [0.05, 0.1) is 18.0 Å². The van der Waals surface area contributed by atoms with Gasteiger partial charge < -0.3 is 10.4 Å². The SMILES string of the molecule is OC(CNCc1cn[nH]c1-c1ccccc1)c1ccc(F)cc1. The van der Waals surface area contributed by atoms with Crippen molar-refractivity contribution < 1.29 is 9.50 Å². The molecule has 1 unspecified atom stereocenters. The molecule has 1 heterocycles. The molecule has 0 saturated heterocycles. The minimum atomic E-state index is -0.678. The Bertz CT molecular complexity index is 740. The van der Waals surface area contributed by atoms with E-state index in [1.807, 2.05) is 30.3 Å². The minimum Gasteiger partial charge on any atom is -0.387 e. The van der Waals surface area contributed by atoms with Crippen molar-refractivity contribution >= 4 is 0 Å². The van der Waals surface area contributed by atoms with E-state index >= 15 is 0 Å². The molecule has 0 fully saturated rings. The van der Waals surface area contributed by atoms with Crippen molar-refractivity contribution in [3.8, 4) is 11.3 Å². The lowest BCUT2D eigenvalue weighted by Gasteiger charge is -2.12. The van der Waals surface area contributed by atoms with Crippen LogP contribution < -0.4 is 5.32 Å². The molecule has 5 heteroatoms. The number of aliphatic hydroxyl groups excluding tert-OH is 1. The van der Waals surface area contributed by atoms with Crippen LogP contribution >= 0.6 is 0 Å². The van der Waals surface area contributed by atoms with Gasteiger partial charge in [0.1, 0.15) is 5.82 Å². The van der Waals surface area contributed by atoms with Gasteiger partial charge in [-0.1, -0.05) is 42.5 Å². The second-order valence-corrected chi connectivity index (χ2v) is 5.33. The molecule has 0 aliphatic rings. The van der Waals surface area contributed by atoms with Crippen molar-refractivity contribution in [2.45, 2.75) is 12.6 Å². The van der Waals surface area contributed by atoms with Gasteiger partial charge in [-0.2, -0.15) is 5.10 Å². The molecule has 3 aromatic rings. The number of nitrogens with one attached hydrogen (secondary N) is 2. The Labute approximate surface area is 134 Å². The van der Waals surface area contributed by atoms with Crippen LogP contribution in [0.25, 0.3) is 11.3 Å². The fourth-order valence-corrected chi connectivity index (χ4v) is 2.45. The molecule has 1 aromatic heterocycles. The molecule has 0 aliphatic heterocycles. The Hall–Kier alpha value is -2.50. The molecule has 0 radical (unpaired) electrons. The van der Waals surface area contributed by atoms with Gasteiger partial charge in [-0.15, -0.1) is 0 Å². The number of rotatable bonds is 6. The van der Waals surface area contributed by atoms with E-state index in [-0.39, 0.29) is 5.82 Å². The van der Waals surface area contributed by atoms with E-state index in [2.05, 4.69) is 15.5 Å². The first-order valence-corrected chi connectivity index (χ1v) is 7.46. The first kappa shape index (κ1) is 15.4. The van der Waals surface area contributed by atoms with E-state index in [1.165, 1.54) is 12.1 Å². The smallest absolute Gasteiger partial charge is 0.123 e. The zero-order valence-electron chi connectivity index (χ0n) is 12.5. The molecular formula is C18H18FN3O. The minimum absolute atomic E-state index is 0.306. The van der Waals surface area contributed by atoms with Crippen molar-refractivity contribution in [3.63, 3.8) is 0 Å². The van der Waals surface area contributed by atoms with E-state index < -0.39 is 6.10 Å². The zero-order valence-corrected chi connectivity index (χ0v) is 12.5. The Balaban J connectivity index is 1.59. The predicted molar refractivity (Wildman–Crippen MR) is 87.1 cm³/mol. The molecule has 0 bridgehead atoms. The number of aliphatic hydroxyl groups is 1. The third kappa shape index (κ3) is 3.83. The predicted octanol–water partition coefficient (Wildman–Crippen LogP) is 3.04. The van der Waals surface area contributed by atoms with E-state index in [0.29, 0.717) is 18.7 Å². The highest BCUT2D eigenvalue weighted by Gasteiger charge is 2.10. The van der Waals surface area contributed by atoms with Gasteiger partial charge in [0.15, 0.2) is 0 Å². The number of aromatic nitrogens is 2. The lowest BCUT2D eigenvalue weighted by Crippen LogP contribution is -2.21. The maximum atomic E-state index is 12.9. The van der Waals surface area contributed by atoms with E-state index in [1.54, 1.807) is 18.3 Å². The lowest BCUT2D eigenvalue weighted by atomic mass is 10.1. The van der Waals surface area contributed by atoms with Crippen LogP contribution in [-0.4, -0.2) is 21.8 Å². The molecule has 0 amide bonds. The summed E-state index contributed by atoms with van der Waals surface area (Å²) in [5.41, 5.74) is 3.76. The maximum Gasteiger partial charge on any atom is 0.123 e. The van der Waals surface area contributed by atoms with Crippen LogP contribution in [0, 0.1) is 5.82 Å². The number of hydrogen-bond acceptors (Lipinski definition) is 3. The van der Waals surface area contributed by atoms with Crippen LogP contribution in [0.5, 0.6) is 0 Å². The Morgan fingerprint density at radius 1 is 1.09 bits per heavy atom. The third-order valence-electron chi connectivity index (χ3n) is 3.69.